The van der Waals surface area contributed by atoms with Crippen LogP contribution in [0.1, 0.15) is 25.3 Å². The van der Waals surface area contributed by atoms with Gasteiger partial charge in [-0.25, -0.2) is 4.98 Å². The van der Waals surface area contributed by atoms with E-state index in [1.54, 1.807) is 6.20 Å². The van der Waals surface area contributed by atoms with Gasteiger partial charge >= 0.3 is 0 Å². The van der Waals surface area contributed by atoms with Gasteiger partial charge in [0.15, 0.2) is 0 Å². The van der Waals surface area contributed by atoms with Crippen molar-refractivity contribution in [1.29, 1.82) is 0 Å². The molecule has 3 nitrogen and oxygen atoms in total. The number of nitrogens with zero attached hydrogens (tertiary/aromatic N) is 2. The average molecular weight is 248 g/mol. The van der Waals surface area contributed by atoms with Crippen molar-refractivity contribution in [2.24, 2.45) is 0 Å². The highest BCUT2D eigenvalue weighted by Crippen LogP contribution is 2.29. The van der Waals surface area contributed by atoms with Crippen LogP contribution < -0.4 is 5.73 Å². The summed E-state index contributed by atoms with van der Waals surface area (Å²) in [4.78, 5) is 8.27. The minimum Gasteiger partial charge on any atom is -0.382 e. The van der Waals surface area contributed by atoms with Crippen molar-refractivity contribution in [2.75, 3.05) is 5.73 Å². The molecule has 0 saturated carbocycles. The van der Waals surface area contributed by atoms with E-state index in [1.807, 2.05) is 18.2 Å². The molecule has 1 aromatic heterocycles. The lowest BCUT2D eigenvalue weighted by Crippen LogP contribution is -1.94. The van der Waals surface area contributed by atoms with Gasteiger partial charge in [0.25, 0.3) is 0 Å². The molecular weight excluding hydrogens is 234 g/mol. The van der Waals surface area contributed by atoms with Crippen molar-refractivity contribution >= 4 is 17.4 Å². The van der Waals surface area contributed by atoms with E-state index in [2.05, 4.69) is 23.8 Å². The molecule has 88 valence electrons. The topological polar surface area (TPSA) is 51.8 Å². The summed E-state index contributed by atoms with van der Waals surface area (Å²) in [6, 6.07) is 5.97. The van der Waals surface area contributed by atoms with Crippen LogP contribution in [-0.2, 0) is 0 Å². The molecule has 2 N–H and O–H groups in total. The number of benzene rings is 1. The lowest BCUT2D eigenvalue weighted by atomic mass is 10.00. The van der Waals surface area contributed by atoms with Crippen molar-refractivity contribution in [1.82, 2.24) is 9.97 Å². The van der Waals surface area contributed by atoms with Crippen molar-refractivity contribution < 1.29 is 0 Å². The first kappa shape index (κ1) is 11.9. The van der Waals surface area contributed by atoms with Crippen molar-refractivity contribution in [3.05, 3.63) is 41.2 Å². The van der Waals surface area contributed by atoms with Crippen LogP contribution in [0.3, 0.4) is 0 Å². The Bertz CT molecular complexity index is 521. The first-order chi connectivity index (χ1) is 8.08. The Morgan fingerprint density at radius 1 is 1.18 bits per heavy atom. The summed E-state index contributed by atoms with van der Waals surface area (Å²) >= 11 is 6.18. The highest BCUT2D eigenvalue weighted by atomic mass is 35.5. The van der Waals surface area contributed by atoms with Gasteiger partial charge < -0.3 is 5.73 Å². The molecule has 1 aromatic carbocycles. The molecule has 0 unspecified atom stereocenters. The first-order valence-corrected chi connectivity index (χ1v) is 5.83. The van der Waals surface area contributed by atoms with Gasteiger partial charge in [-0.3, -0.25) is 4.98 Å². The fourth-order valence-electron chi connectivity index (χ4n) is 1.58. The maximum absolute atomic E-state index is 6.18. The lowest BCUT2D eigenvalue weighted by Gasteiger charge is -2.09. The van der Waals surface area contributed by atoms with Gasteiger partial charge in [0.1, 0.15) is 5.82 Å². The summed E-state index contributed by atoms with van der Waals surface area (Å²) in [6.07, 6.45) is 3.17. The summed E-state index contributed by atoms with van der Waals surface area (Å²) in [6.45, 7) is 4.28. The molecule has 0 aliphatic heterocycles. The summed E-state index contributed by atoms with van der Waals surface area (Å²) < 4.78 is 0. The van der Waals surface area contributed by atoms with E-state index >= 15 is 0 Å². The normalized spacial score (nSPS) is 10.8. The quantitative estimate of drug-likeness (QED) is 0.884. The molecule has 0 amide bonds. The van der Waals surface area contributed by atoms with E-state index in [4.69, 9.17) is 17.3 Å². The van der Waals surface area contributed by atoms with Gasteiger partial charge in [-0.05, 0) is 23.6 Å². The number of hydrogen-bond donors (Lipinski definition) is 1. The molecule has 0 saturated heterocycles. The molecule has 17 heavy (non-hydrogen) atoms. The Morgan fingerprint density at radius 3 is 2.53 bits per heavy atom. The number of anilines is 1. The Morgan fingerprint density at radius 2 is 1.94 bits per heavy atom. The molecule has 2 rings (SSSR count). The maximum Gasteiger partial charge on any atom is 0.141 e. The number of rotatable bonds is 2. The Balaban J connectivity index is 2.50. The van der Waals surface area contributed by atoms with Gasteiger partial charge in [-0.1, -0.05) is 31.5 Å². The number of halogens is 1. The van der Waals surface area contributed by atoms with Crippen LogP contribution in [0.4, 0.5) is 5.82 Å². The summed E-state index contributed by atoms with van der Waals surface area (Å²) in [5, 5.41) is 0.675. The summed E-state index contributed by atoms with van der Waals surface area (Å²) in [5.74, 6) is 0.859. The van der Waals surface area contributed by atoms with E-state index in [-0.39, 0.29) is 0 Å². The molecule has 2 aromatic rings. The lowest BCUT2D eigenvalue weighted by molar-refractivity contribution is 0.867. The van der Waals surface area contributed by atoms with Gasteiger partial charge in [0.2, 0.25) is 0 Å². The van der Waals surface area contributed by atoms with Crippen LogP contribution in [0, 0.1) is 0 Å². The van der Waals surface area contributed by atoms with E-state index in [1.165, 1.54) is 11.8 Å². The number of nitrogen functional groups attached to an aromatic ring is 1. The van der Waals surface area contributed by atoms with E-state index in [9.17, 15) is 0 Å². The van der Waals surface area contributed by atoms with E-state index < -0.39 is 0 Å². The SMILES string of the molecule is CC(C)c1ccc(Cl)c(-c2cnc(N)cn2)c1. The van der Waals surface area contributed by atoms with Crippen LogP contribution in [0.2, 0.25) is 5.02 Å². The molecule has 0 atom stereocenters. The fraction of sp³-hybridized carbons (Fsp3) is 0.231. The smallest absolute Gasteiger partial charge is 0.141 e. The third-order valence-corrected chi connectivity index (χ3v) is 2.93. The predicted octanol–water partition coefficient (Wildman–Crippen LogP) is 3.50. The van der Waals surface area contributed by atoms with E-state index in [0.29, 0.717) is 16.8 Å². The third-order valence-electron chi connectivity index (χ3n) is 2.60. The Hall–Kier alpha value is -1.61. The van der Waals surface area contributed by atoms with Crippen molar-refractivity contribution in [3.8, 4) is 11.3 Å². The van der Waals surface area contributed by atoms with Gasteiger partial charge in [-0.2, -0.15) is 0 Å². The number of nitrogens with two attached hydrogens (primary N) is 1. The molecule has 0 bridgehead atoms. The maximum atomic E-state index is 6.18. The number of aromatic nitrogens is 2. The molecule has 0 aliphatic rings. The summed E-state index contributed by atoms with van der Waals surface area (Å²) in [5.41, 5.74) is 8.38. The monoisotopic (exact) mass is 247 g/mol. The fourth-order valence-corrected chi connectivity index (χ4v) is 1.79. The zero-order valence-corrected chi connectivity index (χ0v) is 10.6. The molecule has 0 radical (unpaired) electrons. The zero-order chi connectivity index (χ0) is 12.4. The minimum atomic E-state index is 0.407. The van der Waals surface area contributed by atoms with Crippen LogP contribution in [0.15, 0.2) is 30.6 Å². The molecular formula is C13H14ClN3. The highest BCUT2D eigenvalue weighted by Gasteiger charge is 2.08. The second kappa shape index (κ2) is 4.72. The van der Waals surface area contributed by atoms with E-state index in [0.717, 1.165) is 11.3 Å². The average Bonchev–Trinajstić information content (AvgIpc) is 2.31. The minimum absolute atomic E-state index is 0.407. The molecule has 1 heterocycles. The zero-order valence-electron chi connectivity index (χ0n) is 9.81. The van der Waals surface area contributed by atoms with Crippen molar-refractivity contribution in [3.63, 3.8) is 0 Å². The number of hydrogen-bond acceptors (Lipinski definition) is 3. The highest BCUT2D eigenvalue weighted by molar-refractivity contribution is 6.33. The van der Waals surface area contributed by atoms with Crippen LogP contribution in [0.5, 0.6) is 0 Å². The van der Waals surface area contributed by atoms with Crippen LogP contribution in [-0.4, -0.2) is 9.97 Å². The predicted molar refractivity (Wildman–Crippen MR) is 71.0 cm³/mol. The third kappa shape index (κ3) is 2.56. The van der Waals surface area contributed by atoms with Gasteiger partial charge in [-0.15, -0.1) is 0 Å². The summed E-state index contributed by atoms with van der Waals surface area (Å²) in [7, 11) is 0. The molecule has 0 spiro atoms. The van der Waals surface area contributed by atoms with Crippen LogP contribution in [0.25, 0.3) is 11.3 Å². The second-order valence-corrected chi connectivity index (χ2v) is 4.63. The Kier molecular flexibility index (Phi) is 3.29. The molecule has 0 fully saturated rings. The molecule has 0 aliphatic carbocycles. The standard InChI is InChI=1S/C13H14ClN3/c1-8(2)9-3-4-11(14)10(5-9)12-6-17-13(15)7-16-12/h3-8H,1-2H3,(H2,15,17). The largest absolute Gasteiger partial charge is 0.382 e. The van der Waals surface area contributed by atoms with Gasteiger partial charge in [0.05, 0.1) is 23.1 Å². The Labute approximate surface area is 106 Å². The first-order valence-electron chi connectivity index (χ1n) is 5.45. The molecule has 4 heteroatoms. The van der Waals surface area contributed by atoms with Crippen LogP contribution >= 0.6 is 11.6 Å². The van der Waals surface area contributed by atoms with Crippen molar-refractivity contribution in [2.45, 2.75) is 19.8 Å². The second-order valence-electron chi connectivity index (χ2n) is 4.22. The van der Waals surface area contributed by atoms with Gasteiger partial charge in [0, 0.05) is 5.56 Å².